The van der Waals surface area contributed by atoms with E-state index in [0.29, 0.717) is 12.0 Å². The van der Waals surface area contributed by atoms with Crippen LogP contribution in [0.5, 0.6) is 0 Å². The molecule has 80 valence electrons. The second kappa shape index (κ2) is 5.03. The summed E-state index contributed by atoms with van der Waals surface area (Å²) in [6, 6.07) is 0.489. The predicted octanol–water partition coefficient (Wildman–Crippen LogP) is 2.75. The van der Waals surface area contributed by atoms with Crippen LogP contribution in [0.1, 0.15) is 34.1 Å². The van der Waals surface area contributed by atoms with Gasteiger partial charge < -0.3 is 9.88 Å². The summed E-state index contributed by atoms with van der Waals surface area (Å²) in [5, 5.41) is 3.40. The predicted molar refractivity (Wildman–Crippen MR) is 60.4 cm³/mol. The van der Waals surface area contributed by atoms with Crippen molar-refractivity contribution in [1.82, 2.24) is 9.55 Å². The molecule has 0 radical (unpaired) electrons. The zero-order valence-corrected chi connectivity index (χ0v) is 9.62. The lowest BCUT2D eigenvalue weighted by Crippen LogP contribution is -2.18. The minimum absolute atomic E-state index is 0.489. The van der Waals surface area contributed by atoms with Gasteiger partial charge in [-0.25, -0.2) is 4.98 Å². The Bertz CT molecular complexity index is 265. The van der Waals surface area contributed by atoms with E-state index >= 15 is 0 Å². The number of hydrogen-bond donors (Lipinski definition) is 1. The molecule has 0 aromatic carbocycles. The maximum absolute atomic E-state index is 4.31. The number of nitrogens with zero attached hydrogens (tertiary/aromatic N) is 2. The molecule has 0 bridgehead atoms. The molecule has 1 N–H and O–H groups in total. The van der Waals surface area contributed by atoms with Gasteiger partial charge in [0.1, 0.15) is 0 Å². The van der Waals surface area contributed by atoms with Gasteiger partial charge in [-0.15, -0.1) is 0 Å². The molecule has 0 aliphatic heterocycles. The van der Waals surface area contributed by atoms with E-state index in [1.165, 1.54) is 0 Å². The van der Waals surface area contributed by atoms with E-state index in [4.69, 9.17) is 0 Å². The number of aromatic nitrogens is 2. The molecule has 0 aliphatic rings. The topological polar surface area (TPSA) is 29.9 Å². The summed E-state index contributed by atoms with van der Waals surface area (Å²) in [4.78, 5) is 4.31. The molecule has 3 heteroatoms. The Labute approximate surface area is 86.5 Å². The molecule has 14 heavy (non-hydrogen) atoms. The third-order valence-electron chi connectivity index (χ3n) is 2.27. The molecule has 3 nitrogen and oxygen atoms in total. The zero-order chi connectivity index (χ0) is 10.6. The summed E-state index contributed by atoms with van der Waals surface area (Å²) in [7, 11) is 0. The fraction of sp³-hybridized carbons (Fsp3) is 0.727. The molecule has 1 aromatic heterocycles. The molecule has 0 amide bonds. The van der Waals surface area contributed by atoms with Gasteiger partial charge in [-0.1, -0.05) is 20.8 Å². The molecule has 0 aliphatic carbocycles. The van der Waals surface area contributed by atoms with Crippen LogP contribution in [0, 0.1) is 5.92 Å². The van der Waals surface area contributed by atoms with Gasteiger partial charge >= 0.3 is 0 Å². The minimum atomic E-state index is 0.489. The first-order valence-corrected chi connectivity index (χ1v) is 5.41. The Hall–Kier alpha value is -0.990. The van der Waals surface area contributed by atoms with E-state index < -0.39 is 0 Å². The molecule has 1 aromatic rings. The molecule has 0 saturated heterocycles. The standard InChI is InChI=1S/C11H21N3/c1-5-10(4)13-11-12-6-7-14(11)8-9(2)3/h6-7,9-10H,5,8H2,1-4H3,(H,12,13). The largest absolute Gasteiger partial charge is 0.353 e. The molecular weight excluding hydrogens is 174 g/mol. The summed E-state index contributed by atoms with van der Waals surface area (Å²) in [6.45, 7) is 9.81. The van der Waals surface area contributed by atoms with Gasteiger partial charge in [0, 0.05) is 25.0 Å². The maximum atomic E-state index is 4.31. The van der Waals surface area contributed by atoms with Crippen molar-refractivity contribution in [3.63, 3.8) is 0 Å². The van der Waals surface area contributed by atoms with Gasteiger partial charge in [0.15, 0.2) is 0 Å². The summed E-state index contributed by atoms with van der Waals surface area (Å²) >= 11 is 0. The van der Waals surface area contributed by atoms with Crippen LogP contribution in [-0.4, -0.2) is 15.6 Å². The van der Waals surface area contributed by atoms with Crippen molar-refractivity contribution in [2.75, 3.05) is 5.32 Å². The summed E-state index contributed by atoms with van der Waals surface area (Å²) < 4.78 is 2.18. The second-order valence-corrected chi connectivity index (χ2v) is 4.25. The van der Waals surface area contributed by atoms with Crippen LogP contribution in [0.2, 0.25) is 0 Å². The van der Waals surface area contributed by atoms with E-state index in [1.807, 2.05) is 12.4 Å². The molecule has 1 atom stereocenters. The first kappa shape index (κ1) is 11.1. The number of imidazole rings is 1. The average molecular weight is 195 g/mol. The van der Waals surface area contributed by atoms with Gasteiger partial charge in [-0.3, -0.25) is 0 Å². The Morgan fingerprint density at radius 3 is 2.71 bits per heavy atom. The van der Waals surface area contributed by atoms with Gasteiger partial charge in [0.2, 0.25) is 5.95 Å². The number of anilines is 1. The molecule has 0 spiro atoms. The molecular formula is C11H21N3. The number of hydrogen-bond acceptors (Lipinski definition) is 2. The van der Waals surface area contributed by atoms with Gasteiger partial charge in [0.25, 0.3) is 0 Å². The van der Waals surface area contributed by atoms with Crippen molar-refractivity contribution in [3.05, 3.63) is 12.4 Å². The van der Waals surface area contributed by atoms with Crippen LogP contribution in [0.15, 0.2) is 12.4 Å². The monoisotopic (exact) mass is 195 g/mol. The van der Waals surface area contributed by atoms with Crippen LogP contribution < -0.4 is 5.32 Å². The Morgan fingerprint density at radius 1 is 1.43 bits per heavy atom. The van der Waals surface area contributed by atoms with Crippen molar-refractivity contribution in [3.8, 4) is 0 Å². The highest BCUT2D eigenvalue weighted by molar-refractivity contribution is 5.27. The van der Waals surface area contributed by atoms with Crippen molar-refractivity contribution in [2.45, 2.75) is 46.7 Å². The first-order chi connectivity index (χ1) is 6.63. The van der Waals surface area contributed by atoms with Crippen LogP contribution in [0.25, 0.3) is 0 Å². The van der Waals surface area contributed by atoms with Gasteiger partial charge in [-0.2, -0.15) is 0 Å². The highest BCUT2D eigenvalue weighted by Crippen LogP contribution is 2.10. The molecule has 1 unspecified atom stereocenters. The quantitative estimate of drug-likeness (QED) is 0.783. The van der Waals surface area contributed by atoms with Crippen molar-refractivity contribution >= 4 is 5.95 Å². The van der Waals surface area contributed by atoms with Crippen LogP contribution in [-0.2, 0) is 6.54 Å². The lowest BCUT2D eigenvalue weighted by atomic mass is 10.2. The SMILES string of the molecule is CCC(C)Nc1nccn1CC(C)C. The molecule has 0 fully saturated rings. The fourth-order valence-electron chi connectivity index (χ4n) is 1.31. The summed E-state index contributed by atoms with van der Waals surface area (Å²) in [6.07, 6.45) is 5.01. The zero-order valence-electron chi connectivity index (χ0n) is 9.62. The lowest BCUT2D eigenvalue weighted by Gasteiger charge is -2.15. The van der Waals surface area contributed by atoms with Crippen LogP contribution in [0.3, 0.4) is 0 Å². The minimum Gasteiger partial charge on any atom is -0.353 e. The van der Waals surface area contributed by atoms with Crippen LogP contribution in [0.4, 0.5) is 5.95 Å². The van der Waals surface area contributed by atoms with Gasteiger partial charge in [-0.05, 0) is 19.3 Å². The first-order valence-electron chi connectivity index (χ1n) is 5.41. The van der Waals surface area contributed by atoms with Crippen molar-refractivity contribution in [1.29, 1.82) is 0 Å². The summed E-state index contributed by atoms with van der Waals surface area (Å²) in [5.41, 5.74) is 0. The fourth-order valence-corrected chi connectivity index (χ4v) is 1.31. The highest BCUT2D eigenvalue weighted by atomic mass is 15.2. The smallest absolute Gasteiger partial charge is 0.202 e. The Kier molecular flexibility index (Phi) is 3.98. The number of nitrogens with one attached hydrogen (secondary N) is 1. The van der Waals surface area contributed by atoms with E-state index in [-0.39, 0.29) is 0 Å². The van der Waals surface area contributed by atoms with E-state index in [2.05, 4.69) is 42.6 Å². The summed E-state index contributed by atoms with van der Waals surface area (Å²) in [5.74, 6) is 1.65. The Balaban J connectivity index is 2.62. The van der Waals surface area contributed by atoms with Crippen LogP contribution >= 0.6 is 0 Å². The number of rotatable bonds is 5. The molecule has 1 heterocycles. The lowest BCUT2D eigenvalue weighted by molar-refractivity contribution is 0.524. The van der Waals surface area contributed by atoms with Crippen molar-refractivity contribution < 1.29 is 0 Å². The molecule has 1 rings (SSSR count). The van der Waals surface area contributed by atoms with E-state index in [0.717, 1.165) is 18.9 Å². The van der Waals surface area contributed by atoms with E-state index in [1.54, 1.807) is 0 Å². The Morgan fingerprint density at radius 2 is 2.14 bits per heavy atom. The normalized spacial score (nSPS) is 13.2. The van der Waals surface area contributed by atoms with Crippen molar-refractivity contribution in [2.24, 2.45) is 5.92 Å². The average Bonchev–Trinajstić information content (AvgIpc) is 2.52. The molecule has 0 saturated carbocycles. The van der Waals surface area contributed by atoms with E-state index in [9.17, 15) is 0 Å². The maximum Gasteiger partial charge on any atom is 0.202 e. The third-order valence-corrected chi connectivity index (χ3v) is 2.27. The third kappa shape index (κ3) is 3.05. The highest BCUT2D eigenvalue weighted by Gasteiger charge is 2.06. The van der Waals surface area contributed by atoms with Gasteiger partial charge in [0.05, 0.1) is 0 Å². The second-order valence-electron chi connectivity index (χ2n) is 4.25.